The van der Waals surface area contributed by atoms with E-state index >= 15 is 0 Å². The normalized spacial score (nSPS) is 21.6. The van der Waals surface area contributed by atoms with Gasteiger partial charge in [0.1, 0.15) is 5.75 Å². The fourth-order valence-corrected chi connectivity index (χ4v) is 5.33. The van der Waals surface area contributed by atoms with Crippen LogP contribution in [0.15, 0.2) is 28.4 Å². The third-order valence-corrected chi connectivity index (χ3v) is 6.52. The van der Waals surface area contributed by atoms with E-state index < -0.39 is 0 Å². The second kappa shape index (κ2) is 6.36. The van der Waals surface area contributed by atoms with Crippen molar-refractivity contribution in [3.63, 3.8) is 0 Å². The molecule has 1 N–H and O–H groups in total. The average Bonchev–Trinajstić information content (AvgIpc) is 3.04. The Morgan fingerprint density at radius 3 is 2.71 bits per heavy atom. The van der Waals surface area contributed by atoms with E-state index in [-0.39, 0.29) is 0 Å². The Kier molecular flexibility index (Phi) is 4.50. The van der Waals surface area contributed by atoms with E-state index in [1.54, 1.807) is 7.11 Å². The number of aromatic amines is 1. The molecule has 112 valence electrons. The van der Waals surface area contributed by atoms with Gasteiger partial charge in [-0.15, -0.1) is 23.5 Å². The Bertz CT molecular complexity index is 622. The molecule has 0 radical (unpaired) electrons. The van der Waals surface area contributed by atoms with Gasteiger partial charge in [-0.25, -0.2) is 0 Å². The lowest BCUT2D eigenvalue weighted by Crippen LogP contribution is -2.00. The van der Waals surface area contributed by atoms with E-state index in [9.17, 15) is 0 Å². The molecule has 0 saturated carbocycles. The van der Waals surface area contributed by atoms with Crippen LogP contribution in [0.3, 0.4) is 0 Å². The summed E-state index contributed by atoms with van der Waals surface area (Å²) in [6.45, 7) is 4.12. The number of aliphatic imine (C=N–C) groups is 1. The molecule has 2 aliphatic heterocycles. The van der Waals surface area contributed by atoms with E-state index in [4.69, 9.17) is 4.74 Å². The molecular formula is C16H20N2OS2. The molecule has 1 aromatic heterocycles. The number of thioether (sulfide) groups is 2. The molecule has 5 heteroatoms. The minimum Gasteiger partial charge on any atom is -0.495 e. The van der Waals surface area contributed by atoms with Crippen LogP contribution in [0.25, 0.3) is 6.08 Å². The van der Waals surface area contributed by atoms with E-state index in [1.807, 2.05) is 30.4 Å². The summed E-state index contributed by atoms with van der Waals surface area (Å²) in [7, 11) is 1.72. The summed E-state index contributed by atoms with van der Waals surface area (Å²) >= 11 is 4.02. The molecule has 0 spiro atoms. The average molecular weight is 320 g/mol. The van der Waals surface area contributed by atoms with Crippen LogP contribution >= 0.6 is 23.5 Å². The van der Waals surface area contributed by atoms with Gasteiger partial charge in [-0.3, -0.25) is 4.99 Å². The van der Waals surface area contributed by atoms with E-state index in [0.29, 0.717) is 4.58 Å². The second-order valence-electron chi connectivity index (χ2n) is 5.24. The number of nitrogens with zero attached hydrogens (tertiary/aromatic N) is 1. The number of nitrogens with one attached hydrogen (secondary N) is 1. The van der Waals surface area contributed by atoms with Crippen molar-refractivity contribution in [3.05, 3.63) is 34.8 Å². The second-order valence-corrected chi connectivity index (χ2v) is 7.97. The van der Waals surface area contributed by atoms with Gasteiger partial charge in [-0.1, -0.05) is 0 Å². The molecule has 21 heavy (non-hydrogen) atoms. The Morgan fingerprint density at radius 2 is 2.10 bits per heavy atom. The highest BCUT2D eigenvalue weighted by atomic mass is 32.2. The number of aromatic nitrogens is 1. The monoisotopic (exact) mass is 320 g/mol. The van der Waals surface area contributed by atoms with Gasteiger partial charge in [0.2, 0.25) is 0 Å². The number of allylic oxidation sites excluding steroid dienone is 2. The predicted molar refractivity (Wildman–Crippen MR) is 94.5 cm³/mol. The summed E-state index contributed by atoms with van der Waals surface area (Å²) in [5.41, 5.74) is 5.53. The molecule has 1 saturated heterocycles. The lowest BCUT2D eigenvalue weighted by molar-refractivity contribution is 0.414. The molecule has 0 aliphatic carbocycles. The van der Waals surface area contributed by atoms with Gasteiger partial charge in [0.05, 0.1) is 23.1 Å². The Hall–Kier alpha value is -1.07. The molecule has 3 heterocycles. The fourth-order valence-electron chi connectivity index (χ4n) is 2.52. The standard InChI is InChI=1S/C16H20N2OS2/c1-10-7-11(2)17-12(10)8-13-15(19-3)9-14(18-13)16-20-5-4-6-21-16/h7-9,16,18H,4-6H2,1-3H3/b12-8-. The molecule has 0 unspecified atom stereocenters. The number of hydrogen-bond acceptors (Lipinski definition) is 4. The van der Waals surface area contributed by atoms with Gasteiger partial charge in [0.15, 0.2) is 0 Å². The van der Waals surface area contributed by atoms with Crippen LogP contribution in [0.2, 0.25) is 0 Å². The molecule has 0 aromatic carbocycles. The topological polar surface area (TPSA) is 37.4 Å². The van der Waals surface area contributed by atoms with Crippen molar-refractivity contribution in [1.29, 1.82) is 0 Å². The quantitative estimate of drug-likeness (QED) is 0.880. The van der Waals surface area contributed by atoms with Gasteiger partial charge in [-0.05, 0) is 49.5 Å². The molecule has 0 atom stereocenters. The van der Waals surface area contributed by atoms with Crippen LogP contribution < -0.4 is 4.74 Å². The molecule has 0 bridgehead atoms. The Labute approximate surface area is 134 Å². The number of rotatable bonds is 3. The van der Waals surface area contributed by atoms with Crippen LogP contribution in [0.5, 0.6) is 5.75 Å². The number of methoxy groups -OCH3 is 1. The lowest BCUT2D eigenvalue weighted by atomic mass is 10.2. The number of hydrogen-bond donors (Lipinski definition) is 1. The smallest absolute Gasteiger partial charge is 0.144 e. The molecule has 1 fully saturated rings. The summed E-state index contributed by atoms with van der Waals surface area (Å²) in [5.74, 6) is 3.37. The zero-order valence-electron chi connectivity index (χ0n) is 12.6. The van der Waals surface area contributed by atoms with Crippen molar-refractivity contribution in [3.8, 4) is 5.75 Å². The highest BCUT2D eigenvalue weighted by Crippen LogP contribution is 2.44. The predicted octanol–water partition coefficient (Wildman–Crippen LogP) is 4.65. The zero-order chi connectivity index (χ0) is 14.8. The fraction of sp³-hybridized carbons (Fsp3) is 0.438. The maximum Gasteiger partial charge on any atom is 0.144 e. The van der Waals surface area contributed by atoms with Gasteiger partial charge in [0.25, 0.3) is 0 Å². The highest BCUT2D eigenvalue weighted by molar-refractivity contribution is 8.16. The van der Waals surface area contributed by atoms with Crippen LogP contribution in [0.1, 0.15) is 36.2 Å². The van der Waals surface area contributed by atoms with Crippen molar-refractivity contribution in [1.82, 2.24) is 4.98 Å². The number of ether oxygens (including phenoxy) is 1. The highest BCUT2D eigenvalue weighted by Gasteiger charge is 2.20. The van der Waals surface area contributed by atoms with E-state index in [0.717, 1.165) is 22.9 Å². The third-order valence-electron chi connectivity index (χ3n) is 3.54. The summed E-state index contributed by atoms with van der Waals surface area (Å²) in [6, 6.07) is 2.13. The van der Waals surface area contributed by atoms with Crippen molar-refractivity contribution < 1.29 is 4.74 Å². The summed E-state index contributed by atoms with van der Waals surface area (Å²) in [4.78, 5) is 8.09. The van der Waals surface area contributed by atoms with Gasteiger partial charge in [-0.2, -0.15) is 0 Å². The lowest BCUT2D eigenvalue weighted by Gasteiger charge is -2.19. The number of H-pyrrole nitrogens is 1. The van der Waals surface area contributed by atoms with Crippen molar-refractivity contribution in [2.75, 3.05) is 18.6 Å². The Balaban J connectivity index is 1.90. The first-order valence-corrected chi connectivity index (χ1v) is 9.23. The van der Waals surface area contributed by atoms with Crippen molar-refractivity contribution in [2.45, 2.75) is 24.9 Å². The van der Waals surface area contributed by atoms with Crippen molar-refractivity contribution >= 4 is 35.3 Å². The van der Waals surface area contributed by atoms with E-state index in [2.05, 4.69) is 35.1 Å². The maximum atomic E-state index is 5.53. The minimum absolute atomic E-state index is 0.491. The van der Waals surface area contributed by atoms with Crippen molar-refractivity contribution in [2.24, 2.45) is 4.99 Å². The summed E-state index contributed by atoms with van der Waals surface area (Å²) < 4.78 is 6.02. The minimum atomic E-state index is 0.491. The molecular weight excluding hydrogens is 300 g/mol. The van der Waals surface area contributed by atoms with Crippen LogP contribution in [-0.2, 0) is 0 Å². The van der Waals surface area contributed by atoms with Crippen LogP contribution in [-0.4, -0.2) is 29.3 Å². The first kappa shape index (κ1) is 14.9. The first-order valence-electron chi connectivity index (χ1n) is 7.13. The third kappa shape index (κ3) is 3.24. The maximum absolute atomic E-state index is 5.53. The summed E-state index contributed by atoms with van der Waals surface area (Å²) in [5, 5.41) is 0. The van der Waals surface area contributed by atoms with Crippen LogP contribution in [0, 0.1) is 0 Å². The van der Waals surface area contributed by atoms with Gasteiger partial charge >= 0.3 is 0 Å². The largest absolute Gasteiger partial charge is 0.495 e. The van der Waals surface area contributed by atoms with Gasteiger partial charge in [0, 0.05) is 17.5 Å². The first-order chi connectivity index (χ1) is 10.2. The summed E-state index contributed by atoms with van der Waals surface area (Å²) in [6.07, 6.45) is 5.50. The molecule has 3 rings (SSSR count). The zero-order valence-corrected chi connectivity index (χ0v) is 14.2. The van der Waals surface area contributed by atoms with Gasteiger partial charge < -0.3 is 9.72 Å². The van der Waals surface area contributed by atoms with E-state index in [1.165, 1.54) is 29.2 Å². The molecule has 0 amide bonds. The van der Waals surface area contributed by atoms with Crippen LogP contribution in [0.4, 0.5) is 0 Å². The molecule has 2 aliphatic rings. The Morgan fingerprint density at radius 1 is 1.33 bits per heavy atom. The molecule has 1 aromatic rings. The molecule has 3 nitrogen and oxygen atoms in total. The SMILES string of the molecule is COc1cc(C2SCCCS2)[nH]c1/C=C1\N=C(C)C=C1C.